The molecule has 106 valence electrons. The zero-order valence-electron chi connectivity index (χ0n) is 10.1. The summed E-state index contributed by atoms with van der Waals surface area (Å²) in [5.41, 5.74) is -4.95. The highest BCUT2D eigenvalue weighted by Gasteiger charge is 2.29. The molecule has 3 nitrogen and oxygen atoms in total. The molecule has 0 unspecified atom stereocenters. The van der Waals surface area contributed by atoms with Gasteiger partial charge in [0.2, 0.25) is 5.82 Å². The minimum atomic E-state index is -4.36. The van der Waals surface area contributed by atoms with Gasteiger partial charge in [0.05, 0.1) is 5.69 Å². The molecule has 2 aromatic rings. The molecule has 8 heteroatoms. The van der Waals surface area contributed by atoms with Gasteiger partial charge in [0.1, 0.15) is 5.82 Å². The highest BCUT2D eigenvalue weighted by atomic mass is 32.2. The third-order valence-electron chi connectivity index (χ3n) is 2.39. The lowest BCUT2D eigenvalue weighted by molar-refractivity contribution is -0.0328. The van der Waals surface area contributed by atoms with Crippen LogP contribution in [0.2, 0.25) is 0 Å². The second-order valence-corrected chi connectivity index (χ2v) is 5.02. The Morgan fingerprint density at radius 1 is 1.20 bits per heavy atom. The minimum absolute atomic E-state index is 0.0161. The largest absolute Gasteiger partial charge is 0.446 e. The van der Waals surface area contributed by atoms with Crippen molar-refractivity contribution in [1.29, 1.82) is 0 Å². The highest BCUT2D eigenvalue weighted by molar-refractivity contribution is 8.00. The van der Waals surface area contributed by atoms with Crippen molar-refractivity contribution in [3.8, 4) is 11.4 Å². The molecule has 0 aliphatic rings. The standard InChI is InChI=1S/C12H8F4N2OS/c1-6-9(13)11(19)18-10(17-6)7-2-4-8(5-3-7)20-12(14,15)16/h2-5H,1H3,(H,17,18,19). The Bertz CT molecular complexity index is 679. The number of H-pyrrole nitrogens is 1. The molecule has 20 heavy (non-hydrogen) atoms. The van der Waals surface area contributed by atoms with Gasteiger partial charge >= 0.3 is 5.51 Å². The molecule has 0 aliphatic carbocycles. The first-order chi connectivity index (χ1) is 9.26. The lowest BCUT2D eigenvalue weighted by Crippen LogP contribution is -2.15. The number of rotatable bonds is 2. The smallest absolute Gasteiger partial charge is 0.304 e. The summed E-state index contributed by atoms with van der Waals surface area (Å²) in [7, 11) is 0. The summed E-state index contributed by atoms with van der Waals surface area (Å²) < 4.78 is 49.7. The van der Waals surface area contributed by atoms with E-state index in [1.165, 1.54) is 31.2 Å². The molecule has 1 aromatic heterocycles. The maximum Gasteiger partial charge on any atom is 0.446 e. The van der Waals surface area contributed by atoms with E-state index in [1.54, 1.807) is 0 Å². The number of benzene rings is 1. The van der Waals surface area contributed by atoms with Gasteiger partial charge in [0, 0.05) is 10.5 Å². The quantitative estimate of drug-likeness (QED) is 0.682. The van der Waals surface area contributed by atoms with E-state index in [-0.39, 0.29) is 28.2 Å². The second-order valence-electron chi connectivity index (χ2n) is 3.89. The summed E-state index contributed by atoms with van der Waals surface area (Å²) in [4.78, 5) is 17.4. The number of aromatic nitrogens is 2. The van der Waals surface area contributed by atoms with E-state index < -0.39 is 16.9 Å². The Morgan fingerprint density at radius 2 is 1.80 bits per heavy atom. The van der Waals surface area contributed by atoms with Gasteiger partial charge in [-0.1, -0.05) is 12.1 Å². The predicted octanol–water partition coefficient (Wildman–Crippen LogP) is 3.50. The predicted molar refractivity (Wildman–Crippen MR) is 66.9 cm³/mol. The van der Waals surface area contributed by atoms with Crippen LogP contribution in [-0.2, 0) is 0 Å². The normalized spacial score (nSPS) is 11.7. The first-order valence-corrected chi connectivity index (χ1v) is 6.20. The Balaban J connectivity index is 2.33. The summed E-state index contributed by atoms with van der Waals surface area (Å²) >= 11 is -0.239. The monoisotopic (exact) mass is 304 g/mol. The number of thioether (sulfide) groups is 1. The van der Waals surface area contributed by atoms with Crippen molar-refractivity contribution >= 4 is 11.8 Å². The van der Waals surface area contributed by atoms with Crippen LogP contribution in [0.25, 0.3) is 11.4 Å². The zero-order valence-corrected chi connectivity index (χ0v) is 10.9. The van der Waals surface area contributed by atoms with Crippen molar-refractivity contribution in [1.82, 2.24) is 9.97 Å². The van der Waals surface area contributed by atoms with Crippen LogP contribution in [0.4, 0.5) is 17.6 Å². The average molecular weight is 304 g/mol. The van der Waals surface area contributed by atoms with E-state index in [0.29, 0.717) is 5.56 Å². The SMILES string of the molecule is Cc1nc(-c2ccc(SC(F)(F)F)cc2)[nH]c(=O)c1F. The highest BCUT2D eigenvalue weighted by Crippen LogP contribution is 2.37. The number of aromatic amines is 1. The van der Waals surface area contributed by atoms with Gasteiger partial charge in [-0.15, -0.1) is 0 Å². The van der Waals surface area contributed by atoms with Gasteiger partial charge in [-0.25, -0.2) is 4.98 Å². The van der Waals surface area contributed by atoms with Crippen LogP contribution in [0.3, 0.4) is 0 Å². The molecule has 0 saturated carbocycles. The van der Waals surface area contributed by atoms with Crippen molar-refractivity contribution in [3.63, 3.8) is 0 Å². The summed E-state index contributed by atoms with van der Waals surface area (Å²) in [5, 5.41) is 0. The third kappa shape index (κ3) is 3.38. The lowest BCUT2D eigenvalue weighted by Gasteiger charge is -2.07. The van der Waals surface area contributed by atoms with Crippen molar-refractivity contribution < 1.29 is 17.6 Å². The van der Waals surface area contributed by atoms with Crippen LogP contribution < -0.4 is 5.56 Å². The fraction of sp³-hybridized carbons (Fsp3) is 0.167. The number of nitrogens with zero attached hydrogens (tertiary/aromatic N) is 1. The van der Waals surface area contributed by atoms with Gasteiger partial charge in [-0.2, -0.15) is 17.6 Å². The summed E-state index contributed by atoms with van der Waals surface area (Å²) in [6.07, 6.45) is 0. The topological polar surface area (TPSA) is 45.8 Å². The van der Waals surface area contributed by atoms with Gasteiger partial charge in [0.25, 0.3) is 5.56 Å². The summed E-state index contributed by atoms with van der Waals surface area (Å²) in [6, 6.07) is 5.27. The number of aryl methyl sites for hydroxylation is 1. The van der Waals surface area contributed by atoms with Crippen LogP contribution in [0, 0.1) is 12.7 Å². The van der Waals surface area contributed by atoms with Crippen LogP contribution in [0.15, 0.2) is 34.0 Å². The average Bonchev–Trinajstić information content (AvgIpc) is 2.34. The van der Waals surface area contributed by atoms with E-state index in [2.05, 4.69) is 9.97 Å². The van der Waals surface area contributed by atoms with Crippen molar-refractivity contribution in [2.24, 2.45) is 0 Å². The first kappa shape index (κ1) is 14.6. The molecule has 0 fully saturated rings. The zero-order chi connectivity index (χ0) is 14.9. The number of hydrogen-bond donors (Lipinski definition) is 1. The number of halogens is 4. The van der Waals surface area contributed by atoms with Gasteiger partial charge < -0.3 is 4.98 Å². The Labute approximate surface area is 115 Å². The van der Waals surface area contributed by atoms with Crippen LogP contribution in [0.5, 0.6) is 0 Å². The summed E-state index contributed by atoms with van der Waals surface area (Å²) in [5.74, 6) is -0.865. The molecule has 0 spiro atoms. The Kier molecular flexibility index (Phi) is 3.85. The van der Waals surface area contributed by atoms with Gasteiger partial charge in [-0.05, 0) is 30.8 Å². The minimum Gasteiger partial charge on any atom is -0.304 e. The maximum absolute atomic E-state index is 13.1. The van der Waals surface area contributed by atoms with Crippen LogP contribution in [-0.4, -0.2) is 15.5 Å². The molecule has 2 rings (SSSR count). The third-order valence-corrected chi connectivity index (χ3v) is 3.13. The molecular formula is C12H8F4N2OS. The fourth-order valence-corrected chi connectivity index (χ4v) is 2.06. The van der Waals surface area contributed by atoms with E-state index in [4.69, 9.17) is 0 Å². The maximum atomic E-state index is 13.1. The van der Waals surface area contributed by atoms with Crippen LogP contribution >= 0.6 is 11.8 Å². The lowest BCUT2D eigenvalue weighted by atomic mass is 10.2. The number of nitrogens with one attached hydrogen (secondary N) is 1. The molecule has 0 radical (unpaired) electrons. The van der Waals surface area contributed by atoms with E-state index in [9.17, 15) is 22.4 Å². The molecule has 0 aliphatic heterocycles. The molecule has 0 atom stereocenters. The Morgan fingerprint density at radius 3 is 2.30 bits per heavy atom. The van der Waals surface area contributed by atoms with Crippen molar-refractivity contribution in [2.75, 3.05) is 0 Å². The summed E-state index contributed by atoms with van der Waals surface area (Å²) in [6.45, 7) is 1.34. The molecule has 0 bridgehead atoms. The van der Waals surface area contributed by atoms with Gasteiger partial charge in [-0.3, -0.25) is 4.79 Å². The molecule has 1 heterocycles. The molecule has 1 aromatic carbocycles. The molecule has 0 amide bonds. The molecular weight excluding hydrogens is 296 g/mol. The van der Waals surface area contributed by atoms with Crippen molar-refractivity contribution in [2.45, 2.75) is 17.3 Å². The van der Waals surface area contributed by atoms with Gasteiger partial charge in [0.15, 0.2) is 0 Å². The second kappa shape index (κ2) is 5.28. The molecule has 1 N–H and O–H groups in total. The van der Waals surface area contributed by atoms with E-state index >= 15 is 0 Å². The molecule has 0 saturated heterocycles. The number of hydrogen-bond acceptors (Lipinski definition) is 3. The fourth-order valence-electron chi connectivity index (χ4n) is 1.52. The van der Waals surface area contributed by atoms with Crippen LogP contribution in [0.1, 0.15) is 5.69 Å². The first-order valence-electron chi connectivity index (χ1n) is 5.39. The number of alkyl halides is 3. The van der Waals surface area contributed by atoms with E-state index in [1.807, 2.05) is 0 Å². The Hall–Kier alpha value is -1.83. The van der Waals surface area contributed by atoms with Crippen molar-refractivity contribution in [3.05, 3.63) is 46.1 Å². The van der Waals surface area contributed by atoms with E-state index in [0.717, 1.165) is 0 Å².